The number of nitrogens with one attached hydrogen (secondary N) is 1. The molecule has 0 aliphatic heterocycles. The van der Waals surface area contributed by atoms with Crippen LogP contribution in [-0.2, 0) is 6.54 Å². The molecule has 8 nitrogen and oxygen atoms in total. The van der Waals surface area contributed by atoms with Gasteiger partial charge in [0.1, 0.15) is 12.0 Å². The lowest BCUT2D eigenvalue weighted by Crippen LogP contribution is -2.26. The molecule has 0 saturated heterocycles. The molecular weight excluding hydrogens is 342 g/mol. The molecule has 0 unspecified atom stereocenters. The zero-order chi connectivity index (χ0) is 18.5. The van der Waals surface area contributed by atoms with E-state index in [1.54, 1.807) is 12.5 Å². The highest BCUT2D eigenvalue weighted by Crippen LogP contribution is 2.28. The van der Waals surface area contributed by atoms with Crippen LogP contribution in [0.15, 0.2) is 43.1 Å². The monoisotopic (exact) mass is 363 g/mol. The fourth-order valence-electron chi connectivity index (χ4n) is 3.39. The van der Waals surface area contributed by atoms with Crippen molar-refractivity contribution in [3.05, 3.63) is 54.5 Å². The molecule has 0 aromatic carbocycles. The summed E-state index contributed by atoms with van der Waals surface area (Å²) in [4.78, 5) is 25.1. The van der Waals surface area contributed by atoms with Crippen molar-refractivity contribution >= 4 is 5.91 Å². The van der Waals surface area contributed by atoms with Crippen molar-refractivity contribution in [1.29, 1.82) is 0 Å². The first kappa shape index (κ1) is 17.3. The number of amides is 1. The summed E-state index contributed by atoms with van der Waals surface area (Å²) in [5, 5.41) is 11.1. The average molecular weight is 363 g/mol. The van der Waals surface area contributed by atoms with E-state index < -0.39 is 0 Å². The first-order valence-electron chi connectivity index (χ1n) is 9.21. The van der Waals surface area contributed by atoms with Gasteiger partial charge in [-0.25, -0.2) is 9.97 Å². The molecule has 0 bridgehead atoms. The Morgan fingerprint density at radius 3 is 2.67 bits per heavy atom. The molecular formula is C19H21N7O. The molecule has 3 heterocycles. The van der Waals surface area contributed by atoms with Crippen LogP contribution in [0.3, 0.4) is 0 Å². The predicted molar refractivity (Wildman–Crippen MR) is 98.6 cm³/mol. The van der Waals surface area contributed by atoms with Crippen LogP contribution in [0.2, 0.25) is 0 Å². The van der Waals surface area contributed by atoms with Crippen molar-refractivity contribution in [2.75, 3.05) is 0 Å². The Hall–Kier alpha value is -3.16. The van der Waals surface area contributed by atoms with Crippen LogP contribution in [0.4, 0.5) is 0 Å². The van der Waals surface area contributed by atoms with Crippen molar-refractivity contribution in [2.45, 2.75) is 44.7 Å². The van der Waals surface area contributed by atoms with Gasteiger partial charge in [0, 0.05) is 24.6 Å². The van der Waals surface area contributed by atoms with Gasteiger partial charge in [0.05, 0.1) is 12.1 Å². The summed E-state index contributed by atoms with van der Waals surface area (Å²) in [7, 11) is 0. The van der Waals surface area contributed by atoms with Gasteiger partial charge in [0.25, 0.3) is 5.91 Å². The van der Waals surface area contributed by atoms with Crippen LogP contribution in [0.1, 0.15) is 54.3 Å². The normalized spacial score (nSPS) is 14.8. The van der Waals surface area contributed by atoms with Crippen molar-refractivity contribution in [2.24, 2.45) is 0 Å². The summed E-state index contributed by atoms with van der Waals surface area (Å²) in [6.07, 6.45) is 12.5. The number of aromatic nitrogens is 6. The van der Waals surface area contributed by atoms with E-state index in [9.17, 15) is 4.79 Å². The minimum Gasteiger partial charge on any atom is -0.345 e. The summed E-state index contributed by atoms with van der Waals surface area (Å²) < 4.78 is 2.10. The van der Waals surface area contributed by atoms with Gasteiger partial charge in [0.15, 0.2) is 11.6 Å². The van der Waals surface area contributed by atoms with E-state index in [1.807, 2.05) is 18.2 Å². The molecule has 27 heavy (non-hydrogen) atoms. The van der Waals surface area contributed by atoms with Gasteiger partial charge >= 0.3 is 0 Å². The van der Waals surface area contributed by atoms with E-state index in [-0.39, 0.29) is 5.91 Å². The number of nitrogens with zero attached hydrogens (tertiary/aromatic N) is 6. The molecule has 0 spiro atoms. The van der Waals surface area contributed by atoms with Gasteiger partial charge < -0.3 is 9.88 Å². The fourth-order valence-corrected chi connectivity index (χ4v) is 3.39. The van der Waals surface area contributed by atoms with Crippen LogP contribution < -0.4 is 5.32 Å². The van der Waals surface area contributed by atoms with E-state index >= 15 is 0 Å². The Morgan fingerprint density at radius 2 is 1.93 bits per heavy atom. The van der Waals surface area contributed by atoms with E-state index in [4.69, 9.17) is 0 Å². The van der Waals surface area contributed by atoms with Crippen LogP contribution in [0, 0.1) is 0 Å². The first-order valence-corrected chi connectivity index (χ1v) is 9.21. The van der Waals surface area contributed by atoms with Crippen LogP contribution in [-0.4, -0.2) is 35.6 Å². The molecule has 1 aliphatic rings. The van der Waals surface area contributed by atoms with Gasteiger partial charge in [-0.15, -0.1) is 10.2 Å². The number of carbonyl (C=O) groups excluding carboxylic acids is 1. The lowest BCUT2D eigenvalue weighted by molar-refractivity contribution is 0.0948. The lowest BCUT2D eigenvalue weighted by atomic mass is 9.95. The Balaban J connectivity index is 1.39. The fraction of sp³-hybridized carbons (Fsp3) is 0.368. The number of pyridine rings is 1. The minimum atomic E-state index is -0.235. The Morgan fingerprint density at radius 1 is 1.11 bits per heavy atom. The topological polar surface area (TPSA) is 98.5 Å². The Labute approximate surface area is 157 Å². The SMILES string of the molecule is O=C(NCc1nncn1C1CCCCC1)c1cnc(-c2ccccn2)nc1. The van der Waals surface area contributed by atoms with Crippen LogP contribution in [0.5, 0.6) is 0 Å². The minimum absolute atomic E-state index is 0.235. The van der Waals surface area contributed by atoms with Gasteiger partial charge in [-0.05, 0) is 25.0 Å². The molecule has 8 heteroatoms. The molecule has 4 rings (SSSR count). The predicted octanol–water partition coefficient (Wildman–Crippen LogP) is 2.57. The van der Waals surface area contributed by atoms with Crippen molar-refractivity contribution < 1.29 is 4.79 Å². The molecule has 138 valence electrons. The lowest BCUT2D eigenvalue weighted by Gasteiger charge is -2.24. The number of hydrogen-bond donors (Lipinski definition) is 1. The summed E-state index contributed by atoms with van der Waals surface area (Å²) >= 11 is 0. The summed E-state index contributed by atoms with van der Waals surface area (Å²) in [5.74, 6) is 1.03. The second kappa shape index (κ2) is 8.03. The quantitative estimate of drug-likeness (QED) is 0.748. The van der Waals surface area contributed by atoms with Crippen molar-refractivity contribution in [1.82, 2.24) is 35.0 Å². The number of rotatable bonds is 5. The van der Waals surface area contributed by atoms with Gasteiger partial charge in [-0.3, -0.25) is 9.78 Å². The molecule has 0 radical (unpaired) electrons. The molecule has 0 atom stereocenters. The van der Waals surface area contributed by atoms with Crippen LogP contribution in [0.25, 0.3) is 11.5 Å². The molecule has 1 saturated carbocycles. The van der Waals surface area contributed by atoms with E-state index in [0.717, 1.165) is 18.7 Å². The van der Waals surface area contributed by atoms with Gasteiger partial charge in [-0.2, -0.15) is 0 Å². The maximum absolute atomic E-state index is 12.4. The summed E-state index contributed by atoms with van der Waals surface area (Å²) in [5.41, 5.74) is 1.07. The Bertz CT molecular complexity index is 886. The molecule has 1 amide bonds. The molecule has 3 aromatic rings. The summed E-state index contributed by atoms with van der Waals surface area (Å²) in [6.45, 7) is 0.331. The van der Waals surface area contributed by atoms with E-state index in [1.165, 1.54) is 31.7 Å². The first-order chi connectivity index (χ1) is 13.3. The highest BCUT2D eigenvalue weighted by atomic mass is 16.1. The third kappa shape index (κ3) is 3.99. The second-order valence-electron chi connectivity index (χ2n) is 6.64. The molecule has 1 aliphatic carbocycles. The molecule has 1 fully saturated rings. The number of hydrogen-bond acceptors (Lipinski definition) is 6. The maximum Gasteiger partial charge on any atom is 0.254 e. The second-order valence-corrected chi connectivity index (χ2v) is 6.64. The highest BCUT2D eigenvalue weighted by Gasteiger charge is 2.19. The van der Waals surface area contributed by atoms with Crippen molar-refractivity contribution in [3.8, 4) is 11.5 Å². The zero-order valence-corrected chi connectivity index (χ0v) is 15.0. The third-order valence-electron chi connectivity index (χ3n) is 4.83. The maximum atomic E-state index is 12.4. The third-order valence-corrected chi connectivity index (χ3v) is 4.83. The van der Waals surface area contributed by atoms with E-state index in [2.05, 4.69) is 35.0 Å². The van der Waals surface area contributed by atoms with Crippen LogP contribution >= 0.6 is 0 Å². The zero-order valence-electron chi connectivity index (χ0n) is 15.0. The standard InChI is InChI=1S/C19H21N7O/c27-19(14-10-21-18(22-11-14)16-8-4-5-9-20-16)23-12-17-25-24-13-26(17)15-6-2-1-3-7-15/h4-5,8-11,13,15H,1-3,6-7,12H2,(H,23,27). The smallest absolute Gasteiger partial charge is 0.254 e. The van der Waals surface area contributed by atoms with Gasteiger partial charge in [-0.1, -0.05) is 25.3 Å². The summed E-state index contributed by atoms with van der Waals surface area (Å²) in [6, 6.07) is 5.96. The molecule has 1 N–H and O–H groups in total. The Kier molecular flexibility index (Phi) is 5.13. The van der Waals surface area contributed by atoms with E-state index in [0.29, 0.717) is 29.7 Å². The van der Waals surface area contributed by atoms with Crippen molar-refractivity contribution in [3.63, 3.8) is 0 Å². The largest absolute Gasteiger partial charge is 0.345 e. The number of carbonyl (C=O) groups is 1. The molecule has 3 aromatic heterocycles. The average Bonchev–Trinajstić information content (AvgIpc) is 3.22. The highest BCUT2D eigenvalue weighted by molar-refractivity contribution is 5.93. The van der Waals surface area contributed by atoms with Gasteiger partial charge in [0.2, 0.25) is 0 Å².